The van der Waals surface area contributed by atoms with E-state index >= 15 is 0 Å². The van der Waals surface area contributed by atoms with E-state index in [9.17, 15) is 9.59 Å². The molecule has 2 heterocycles. The minimum atomic E-state index is -0.572. The van der Waals surface area contributed by atoms with Crippen LogP contribution < -0.4 is 16.0 Å². The molecule has 0 bridgehead atoms. The molecule has 1 aromatic rings. The highest BCUT2D eigenvalue weighted by Gasteiger charge is 2.30. The third-order valence-corrected chi connectivity index (χ3v) is 3.25. The van der Waals surface area contributed by atoms with Gasteiger partial charge in [-0.05, 0) is 12.1 Å². The standard InChI is InChI=1S/C13H19N5O2/c1-17(2)13(20)10-8-15-6-7-18(10)11-5-3-4-9(16-11)12(14)19/h3-5,10,15H,6-8H2,1-2H3,(H2,14,19). The van der Waals surface area contributed by atoms with Crippen LogP contribution in [0.4, 0.5) is 5.82 Å². The van der Waals surface area contributed by atoms with Crippen LogP contribution in [-0.2, 0) is 4.79 Å². The molecule has 0 saturated carbocycles. The second-order valence-electron chi connectivity index (χ2n) is 4.89. The molecule has 1 atom stereocenters. The molecular weight excluding hydrogens is 258 g/mol. The predicted octanol–water partition coefficient (Wildman–Crippen LogP) is -0.953. The summed E-state index contributed by atoms with van der Waals surface area (Å²) in [5.74, 6) is 0.0314. The Morgan fingerprint density at radius 3 is 2.85 bits per heavy atom. The summed E-state index contributed by atoms with van der Waals surface area (Å²) < 4.78 is 0. The van der Waals surface area contributed by atoms with Crippen molar-refractivity contribution in [3.05, 3.63) is 23.9 Å². The molecule has 1 aliphatic heterocycles. The van der Waals surface area contributed by atoms with Gasteiger partial charge in [-0.25, -0.2) is 4.98 Å². The number of carbonyl (C=O) groups is 2. The summed E-state index contributed by atoms with van der Waals surface area (Å²) in [6, 6.07) is 4.75. The van der Waals surface area contributed by atoms with Crippen molar-refractivity contribution in [2.75, 3.05) is 38.6 Å². The van der Waals surface area contributed by atoms with Gasteiger partial charge in [-0.15, -0.1) is 0 Å². The molecule has 1 unspecified atom stereocenters. The number of nitrogens with zero attached hydrogens (tertiary/aromatic N) is 3. The van der Waals surface area contributed by atoms with Crippen LogP contribution in [0, 0.1) is 0 Å². The van der Waals surface area contributed by atoms with E-state index in [1.54, 1.807) is 37.2 Å². The number of amides is 2. The van der Waals surface area contributed by atoms with Gasteiger partial charge in [0.15, 0.2) is 0 Å². The summed E-state index contributed by atoms with van der Waals surface area (Å²) in [6.45, 7) is 1.97. The molecule has 1 aromatic heterocycles. The van der Waals surface area contributed by atoms with Gasteiger partial charge in [-0.3, -0.25) is 9.59 Å². The zero-order chi connectivity index (χ0) is 14.7. The fourth-order valence-electron chi connectivity index (χ4n) is 2.22. The van der Waals surface area contributed by atoms with Gasteiger partial charge in [0.2, 0.25) is 5.91 Å². The molecule has 0 radical (unpaired) electrons. The molecule has 2 rings (SSSR count). The van der Waals surface area contributed by atoms with Gasteiger partial charge >= 0.3 is 0 Å². The largest absolute Gasteiger partial charge is 0.364 e. The third kappa shape index (κ3) is 2.88. The van der Waals surface area contributed by atoms with E-state index in [1.165, 1.54) is 0 Å². The summed E-state index contributed by atoms with van der Waals surface area (Å²) in [6.07, 6.45) is 0. The van der Waals surface area contributed by atoms with Crippen molar-refractivity contribution < 1.29 is 9.59 Å². The molecule has 3 N–H and O–H groups in total. The molecule has 0 spiro atoms. The molecule has 1 aliphatic rings. The molecule has 7 heteroatoms. The van der Waals surface area contributed by atoms with E-state index < -0.39 is 5.91 Å². The fraction of sp³-hybridized carbons (Fsp3) is 0.462. The number of carbonyl (C=O) groups excluding carboxylic acids is 2. The summed E-state index contributed by atoms with van der Waals surface area (Å²) in [7, 11) is 3.45. The van der Waals surface area contributed by atoms with Crippen LogP contribution >= 0.6 is 0 Å². The maximum absolute atomic E-state index is 12.2. The van der Waals surface area contributed by atoms with Crippen molar-refractivity contribution in [2.24, 2.45) is 5.73 Å². The first-order valence-corrected chi connectivity index (χ1v) is 6.46. The number of nitrogens with two attached hydrogens (primary N) is 1. The summed E-state index contributed by atoms with van der Waals surface area (Å²) in [5.41, 5.74) is 5.45. The predicted molar refractivity (Wildman–Crippen MR) is 75.5 cm³/mol. The summed E-state index contributed by atoms with van der Waals surface area (Å²) >= 11 is 0. The molecular formula is C13H19N5O2. The van der Waals surface area contributed by atoms with Crippen LogP contribution in [0.3, 0.4) is 0 Å². The molecule has 1 fully saturated rings. The van der Waals surface area contributed by atoms with Crippen LogP contribution in [0.5, 0.6) is 0 Å². The lowest BCUT2D eigenvalue weighted by Crippen LogP contribution is -2.58. The molecule has 0 aliphatic carbocycles. The first-order valence-electron chi connectivity index (χ1n) is 6.46. The SMILES string of the molecule is CN(C)C(=O)C1CNCCN1c1cccc(C(N)=O)n1. The Kier molecular flexibility index (Phi) is 4.19. The van der Waals surface area contributed by atoms with Crippen LogP contribution in [-0.4, -0.2) is 61.5 Å². The molecule has 7 nitrogen and oxygen atoms in total. The maximum Gasteiger partial charge on any atom is 0.267 e. The Morgan fingerprint density at radius 1 is 1.45 bits per heavy atom. The molecule has 1 saturated heterocycles. The van der Waals surface area contributed by atoms with E-state index in [0.717, 1.165) is 6.54 Å². The van der Waals surface area contributed by atoms with Crippen molar-refractivity contribution in [2.45, 2.75) is 6.04 Å². The number of likely N-dealkylation sites (N-methyl/N-ethyl adjacent to an activating group) is 1. The van der Waals surface area contributed by atoms with Gasteiger partial charge in [0.1, 0.15) is 17.6 Å². The second-order valence-corrected chi connectivity index (χ2v) is 4.89. The number of hydrogen-bond donors (Lipinski definition) is 2. The van der Waals surface area contributed by atoms with E-state index in [-0.39, 0.29) is 17.6 Å². The van der Waals surface area contributed by atoms with E-state index in [2.05, 4.69) is 10.3 Å². The van der Waals surface area contributed by atoms with Gasteiger partial charge < -0.3 is 20.9 Å². The molecule has 0 aromatic carbocycles. The van der Waals surface area contributed by atoms with E-state index in [1.807, 2.05) is 4.90 Å². The second kappa shape index (κ2) is 5.87. The third-order valence-electron chi connectivity index (χ3n) is 3.25. The minimum Gasteiger partial charge on any atom is -0.364 e. The Labute approximate surface area is 117 Å². The highest BCUT2D eigenvalue weighted by Crippen LogP contribution is 2.17. The van der Waals surface area contributed by atoms with Crippen molar-refractivity contribution in [3.8, 4) is 0 Å². The fourth-order valence-corrected chi connectivity index (χ4v) is 2.22. The van der Waals surface area contributed by atoms with Crippen molar-refractivity contribution in [3.63, 3.8) is 0 Å². The number of primary amides is 1. The van der Waals surface area contributed by atoms with Gasteiger partial charge in [0, 0.05) is 33.7 Å². The summed E-state index contributed by atoms with van der Waals surface area (Å²) in [5, 5.41) is 3.20. The Bertz CT molecular complexity index is 517. The lowest BCUT2D eigenvalue weighted by atomic mass is 10.1. The highest BCUT2D eigenvalue weighted by atomic mass is 16.2. The quantitative estimate of drug-likeness (QED) is 0.743. The number of rotatable bonds is 3. The zero-order valence-electron chi connectivity index (χ0n) is 11.7. The molecule has 2 amide bonds. The number of hydrogen-bond acceptors (Lipinski definition) is 5. The Hall–Kier alpha value is -2.15. The monoisotopic (exact) mass is 277 g/mol. The van der Waals surface area contributed by atoms with E-state index in [0.29, 0.717) is 18.9 Å². The van der Waals surface area contributed by atoms with Gasteiger partial charge in [0.25, 0.3) is 5.91 Å². The number of pyridine rings is 1. The van der Waals surface area contributed by atoms with Crippen LogP contribution in [0.1, 0.15) is 10.5 Å². The lowest BCUT2D eigenvalue weighted by Gasteiger charge is -2.37. The number of aromatic nitrogens is 1. The summed E-state index contributed by atoms with van der Waals surface area (Å²) in [4.78, 5) is 31.1. The van der Waals surface area contributed by atoms with Crippen LogP contribution in [0.2, 0.25) is 0 Å². The minimum absolute atomic E-state index is 0.00322. The van der Waals surface area contributed by atoms with Gasteiger partial charge in [-0.2, -0.15) is 0 Å². The van der Waals surface area contributed by atoms with Crippen molar-refractivity contribution in [1.29, 1.82) is 0 Å². The van der Waals surface area contributed by atoms with Gasteiger partial charge in [0.05, 0.1) is 0 Å². The number of nitrogens with one attached hydrogen (secondary N) is 1. The first kappa shape index (κ1) is 14.3. The Balaban J connectivity index is 2.30. The molecule has 20 heavy (non-hydrogen) atoms. The lowest BCUT2D eigenvalue weighted by molar-refractivity contribution is -0.130. The average Bonchev–Trinajstić information content (AvgIpc) is 2.46. The maximum atomic E-state index is 12.2. The van der Waals surface area contributed by atoms with Crippen molar-refractivity contribution >= 4 is 17.6 Å². The zero-order valence-corrected chi connectivity index (χ0v) is 11.7. The van der Waals surface area contributed by atoms with E-state index in [4.69, 9.17) is 5.73 Å². The Morgan fingerprint density at radius 2 is 2.20 bits per heavy atom. The highest BCUT2D eigenvalue weighted by molar-refractivity contribution is 5.91. The first-order chi connectivity index (χ1) is 9.50. The molecule has 108 valence electrons. The van der Waals surface area contributed by atoms with Crippen LogP contribution in [0.25, 0.3) is 0 Å². The number of piperazine rings is 1. The average molecular weight is 277 g/mol. The van der Waals surface area contributed by atoms with Crippen LogP contribution in [0.15, 0.2) is 18.2 Å². The van der Waals surface area contributed by atoms with Gasteiger partial charge in [-0.1, -0.05) is 6.07 Å². The number of anilines is 1. The van der Waals surface area contributed by atoms with Crippen molar-refractivity contribution in [1.82, 2.24) is 15.2 Å². The smallest absolute Gasteiger partial charge is 0.267 e. The normalized spacial score (nSPS) is 18.7. The topological polar surface area (TPSA) is 91.6 Å².